The van der Waals surface area contributed by atoms with Crippen LogP contribution in [0.1, 0.15) is 11.5 Å². The summed E-state index contributed by atoms with van der Waals surface area (Å²) in [5, 5.41) is 0. The first-order valence-corrected chi connectivity index (χ1v) is 5.05. The van der Waals surface area contributed by atoms with Gasteiger partial charge in [-0.25, -0.2) is 4.39 Å². The molecule has 1 aromatic rings. The Bertz CT molecular complexity index is 414. The Kier molecular flexibility index (Phi) is 2.78. The number of rotatable bonds is 2. The summed E-state index contributed by atoms with van der Waals surface area (Å²) in [6, 6.07) is 4.48. The summed E-state index contributed by atoms with van der Waals surface area (Å²) in [4.78, 5) is 0. The number of hydrogen-bond donors (Lipinski definition) is 0. The molecule has 0 radical (unpaired) electrons. The van der Waals surface area contributed by atoms with Gasteiger partial charge in [-0.3, -0.25) is 0 Å². The van der Waals surface area contributed by atoms with E-state index in [9.17, 15) is 4.39 Å². The minimum absolute atomic E-state index is 0.0364. The van der Waals surface area contributed by atoms with Crippen LogP contribution in [-0.2, 0) is 0 Å². The number of hydrogen-bond acceptors (Lipinski definition) is 1. The third kappa shape index (κ3) is 1.77. The second-order valence-corrected chi connectivity index (χ2v) is 3.60. The van der Waals surface area contributed by atoms with E-state index in [2.05, 4.69) is 6.58 Å². The first-order valence-electron chi connectivity index (χ1n) is 4.62. The Morgan fingerprint density at radius 3 is 2.93 bits per heavy atom. The molecule has 2 unspecified atom stereocenters. The van der Waals surface area contributed by atoms with Crippen molar-refractivity contribution in [2.75, 3.05) is 0 Å². The van der Waals surface area contributed by atoms with Gasteiger partial charge >= 0.3 is 0 Å². The molecule has 0 amide bonds. The van der Waals surface area contributed by atoms with Gasteiger partial charge in [-0.15, -0.1) is 6.58 Å². The molecule has 2 atom stereocenters. The Balaban J connectivity index is 2.42. The van der Waals surface area contributed by atoms with Gasteiger partial charge < -0.3 is 4.74 Å². The van der Waals surface area contributed by atoms with Gasteiger partial charge in [0.05, 0.1) is 0 Å². The fraction of sp³-hybridized carbons (Fsp3) is 0.167. The summed E-state index contributed by atoms with van der Waals surface area (Å²) in [7, 11) is 0. The molecule has 1 aliphatic rings. The fourth-order valence-electron chi connectivity index (χ4n) is 1.78. The highest BCUT2D eigenvalue weighted by Crippen LogP contribution is 2.39. The number of halogens is 2. The second-order valence-electron chi connectivity index (χ2n) is 3.34. The van der Waals surface area contributed by atoms with E-state index in [0.29, 0.717) is 5.75 Å². The number of ether oxygens (including phenoxy) is 1. The highest BCUT2D eigenvalue weighted by molar-refractivity contribution is 6.25. The maximum absolute atomic E-state index is 13.1. The molecule has 1 heterocycles. The molecule has 0 bridgehead atoms. The van der Waals surface area contributed by atoms with Gasteiger partial charge in [0.25, 0.3) is 0 Å². The first-order chi connectivity index (χ1) is 7.26. The zero-order valence-electron chi connectivity index (χ0n) is 7.99. The van der Waals surface area contributed by atoms with Crippen LogP contribution in [0.25, 0.3) is 0 Å². The monoisotopic (exact) mass is 224 g/mol. The third-order valence-electron chi connectivity index (χ3n) is 2.46. The van der Waals surface area contributed by atoms with Crippen LogP contribution in [0.3, 0.4) is 0 Å². The summed E-state index contributed by atoms with van der Waals surface area (Å²) in [6.45, 7) is 3.72. The minimum Gasteiger partial charge on any atom is -0.485 e. The molecule has 0 saturated carbocycles. The molecular weight excluding hydrogens is 215 g/mol. The van der Waals surface area contributed by atoms with Crippen LogP contribution in [0.15, 0.2) is 42.5 Å². The SMILES string of the molecule is C=CC1c2cc(F)ccc2OC1/C=C/Cl. The molecule has 0 fully saturated rings. The zero-order valence-corrected chi connectivity index (χ0v) is 8.75. The van der Waals surface area contributed by atoms with E-state index in [1.54, 1.807) is 18.2 Å². The summed E-state index contributed by atoms with van der Waals surface area (Å²) in [5.41, 5.74) is 2.23. The Labute approximate surface area is 92.8 Å². The minimum atomic E-state index is -0.264. The van der Waals surface area contributed by atoms with Crippen LogP contribution in [0.2, 0.25) is 0 Å². The molecule has 1 aromatic carbocycles. The van der Waals surface area contributed by atoms with Gasteiger partial charge in [-0.2, -0.15) is 0 Å². The lowest BCUT2D eigenvalue weighted by atomic mass is 9.95. The Morgan fingerprint density at radius 2 is 2.27 bits per heavy atom. The molecular formula is C12H10ClFO. The van der Waals surface area contributed by atoms with Crippen molar-refractivity contribution in [2.45, 2.75) is 12.0 Å². The Morgan fingerprint density at radius 1 is 1.47 bits per heavy atom. The van der Waals surface area contributed by atoms with Crippen molar-refractivity contribution in [3.63, 3.8) is 0 Å². The molecule has 1 aliphatic heterocycles. The summed E-state index contributed by atoms with van der Waals surface area (Å²) >= 11 is 5.51. The third-order valence-corrected chi connectivity index (χ3v) is 2.61. The smallest absolute Gasteiger partial charge is 0.128 e. The van der Waals surface area contributed by atoms with E-state index in [1.807, 2.05) is 0 Å². The van der Waals surface area contributed by atoms with Crippen LogP contribution in [-0.4, -0.2) is 6.10 Å². The van der Waals surface area contributed by atoms with Crippen LogP contribution < -0.4 is 4.74 Å². The van der Waals surface area contributed by atoms with Gasteiger partial charge in [-0.1, -0.05) is 17.7 Å². The normalized spacial score (nSPS) is 23.9. The maximum Gasteiger partial charge on any atom is 0.128 e. The molecule has 2 rings (SSSR count). The maximum atomic E-state index is 13.1. The average molecular weight is 225 g/mol. The zero-order chi connectivity index (χ0) is 10.8. The summed E-state index contributed by atoms with van der Waals surface area (Å²) in [6.07, 6.45) is 3.29. The number of fused-ring (bicyclic) bond motifs is 1. The molecule has 1 nitrogen and oxygen atoms in total. The van der Waals surface area contributed by atoms with E-state index in [1.165, 1.54) is 17.7 Å². The highest BCUT2D eigenvalue weighted by Gasteiger charge is 2.30. The second kappa shape index (κ2) is 4.07. The van der Waals surface area contributed by atoms with Gasteiger partial charge in [0.2, 0.25) is 0 Å². The highest BCUT2D eigenvalue weighted by atomic mass is 35.5. The lowest BCUT2D eigenvalue weighted by molar-refractivity contribution is 0.270. The predicted octanol–water partition coefficient (Wildman–Crippen LogP) is 3.61. The standard InChI is InChI=1S/C12H10ClFO/c1-2-9-10-7-8(14)3-4-11(10)15-12(9)5-6-13/h2-7,9,12H,1H2/b6-5+. The van der Waals surface area contributed by atoms with Crippen molar-refractivity contribution in [2.24, 2.45) is 0 Å². The average Bonchev–Trinajstić information content (AvgIpc) is 2.55. The summed E-state index contributed by atoms with van der Waals surface area (Å²) < 4.78 is 18.6. The van der Waals surface area contributed by atoms with Crippen molar-refractivity contribution in [3.05, 3.63) is 53.8 Å². The van der Waals surface area contributed by atoms with Crippen molar-refractivity contribution < 1.29 is 9.13 Å². The predicted molar refractivity (Wildman–Crippen MR) is 58.7 cm³/mol. The van der Waals surface area contributed by atoms with E-state index < -0.39 is 0 Å². The Hall–Kier alpha value is -1.28. The van der Waals surface area contributed by atoms with Crippen LogP contribution in [0.4, 0.5) is 4.39 Å². The van der Waals surface area contributed by atoms with E-state index in [-0.39, 0.29) is 17.8 Å². The largest absolute Gasteiger partial charge is 0.485 e. The fourth-order valence-corrected chi connectivity index (χ4v) is 1.92. The van der Waals surface area contributed by atoms with Crippen LogP contribution in [0, 0.1) is 5.82 Å². The molecule has 0 N–H and O–H groups in total. The van der Waals surface area contributed by atoms with E-state index in [4.69, 9.17) is 16.3 Å². The van der Waals surface area contributed by atoms with Crippen molar-refractivity contribution in [1.82, 2.24) is 0 Å². The lowest BCUT2D eigenvalue weighted by Gasteiger charge is -2.10. The molecule has 78 valence electrons. The lowest BCUT2D eigenvalue weighted by Crippen LogP contribution is -2.13. The molecule has 0 aliphatic carbocycles. The first kappa shape index (κ1) is 10.2. The molecule has 3 heteroatoms. The topological polar surface area (TPSA) is 9.23 Å². The van der Waals surface area contributed by atoms with Crippen LogP contribution in [0.5, 0.6) is 5.75 Å². The molecule has 0 aromatic heterocycles. The van der Waals surface area contributed by atoms with Crippen molar-refractivity contribution >= 4 is 11.6 Å². The van der Waals surface area contributed by atoms with E-state index in [0.717, 1.165) is 5.56 Å². The van der Waals surface area contributed by atoms with Crippen LogP contribution >= 0.6 is 11.6 Å². The van der Waals surface area contributed by atoms with Crippen molar-refractivity contribution in [1.29, 1.82) is 0 Å². The summed E-state index contributed by atoms with van der Waals surface area (Å²) in [5.74, 6) is 0.395. The van der Waals surface area contributed by atoms with Gasteiger partial charge in [0.15, 0.2) is 0 Å². The van der Waals surface area contributed by atoms with Gasteiger partial charge in [-0.05, 0) is 24.3 Å². The van der Waals surface area contributed by atoms with Crippen molar-refractivity contribution in [3.8, 4) is 5.75 Å². The molecule has 0 spiro atoms. The van der Waals surface area contributed by atoms with Gasteiger partial charge in [0.1, 0.15) is 17.7 Å². The van der Waals surface area contributed by atoms with E-state index >= 15 is 0 Å². The van der Waals surface area contributed by atoms with Gasteiger partial charge in [0, 0.05) is 17.0 Å². The quantitative estimate of drug-likeness (QED) is 0.698. The molecule has 0 saturated heterocycles. The molecule has 15 heavy (non-hydrogen) atoms. The number of benzene rings is 1.